The lowest BCUT2D eigenvalue weighted by atomic mass is 10.2. The van der Waals surface area contributed by atoms with Gasteiger partial charge in [0, 0.05) is 13.1 Å². The topological polar surface area (TPSA) is 96.3 Å². The quantitative estimate of drug-likeness (QED) is 0.468. The number of nitrogens with zero attached hydrogens (tertiary/aromatic N) is 6. The van der Waals surface area contributed by atoms with Gasteiger partial charge in [0.2, 0.25) is 11.9 Å². The first kappa shape index (κ1) is 19.2. The number of ether oxygens (including phenoxy) is 1. The normalized spacial score (nSPS) is 19.7. The van der Waals surface area contributed by atoms with Crippen LogP contribution in [0.5, 0.6) is 0 Å². The summed E-state index contributed by atoms with van der Waals surface area (Å²) in [5.41, 5.74) is 1.63. The molecule has 2 N–H and O–H groups in total. The number of nitrogens with one attached hydrogen (secondary N) is 2. The second-order valence-electron chi connectivity index (χ2n) is 7.41. The van der Waals surface area contributed by atoms with E-state index in [1.54, 1.807) is 22.8 Å². The zero-order valence-corrected chi connectivity index (χ0v) is 18.0. The standard InChI is InChI=1S/C19H20BrFN8O/c1-10-8-28(9-11(2)30-10)19-26-17-12(20)6-23-29(17)18(27-19)22-7-15-24-14-5-3-4-13(21)16(14)25-15/h3-6,10-11H,7-9H2,1-2H3,(H,24,25)(H,22,26,27). The fraction of sp³-hybridized carbons (Fsp3) is 0.368. The third-order valence-electron chi connectivity index (χ3n) is 4.94. The van der Waals surface area contributed by atoms with Crippen LogP contribution in [0.3, 0.4) is 0 Å². The zero-order valence-electron chi connectivity index (χ0n) is 16.4. The van der Waals surface area contributed by atoms with Crippen LogP contribution in [0.2, 0.25) is 0 Å². The molecule has 5 rings (SSSR count). The second kappa shape index (κ2) is 7.47. The monoisotopic (exact) mass is 474 g/mol. The molecule has 156 valence electrons. The maximum atomic E-state index is 13.9. The molecule has 11 heteroatoms. The van der Waals surface area contributed by atoms with Crippen molar-refractivity contribution in [3.63, 3.8) is 0 Å². The fourth-order valence-electron chi connectivity index (χ4n) is 3.73. The Morgan fingerprint density at radius 1 is 1.23 bits per heavy atom. The zero-order chi connectivity index (χ0) is 20.8. The van der Waals surface area contributed by atoms with Crippen molar-refractivity contribution in [1.29, 1.82) is 0 Å². The summed E-state index contributed by atoms with van der Waals surface area (Å²) in [4.78, 5) is 19.0. The number of morpholine rings is 1. The smallest absolute Gasteiger partial charge is 0.230 e. The van der Waals surface area contributed by atoms with Crippen molar-refractivity contribution in [2.24, 2.45) is 0 Å². The molecule has 0 amide bonds. The molecule has 3 aromatic heterocycles. The predicted molar refractivity (Wildman–Crippen MR) is 114 cm³/mol. The molecular formula is C19H20BrFN8O. The molecule has 0 bridgehead atoms. The Morgan fingerprint density at radius 3 is 2.80 bits per heavy atom. The molecule has 4 heterocycles. The summed E-state index contributed by atoms with van der Waals surface area (Å²) >= 11 is 3.51. The van der Waals surface area contributed by atoms with Crippen LogP contribution < -0.4 is 10.2 Å². The average molecular weight is 475 g/mol. The van der Waals surface area contributed by atoms with E-state index >= 15 is 0 Å². The Kier molecular flexibility index (Phi) is 4.78. The molecule has 0 aliphatic carbocycles. The van der Waals surface area contributed by atoms with Crippen molar-refractivity contribution in [2.75, 3.05) is 23.3 Å². The number of aromatic amines is 1. The Hall–Kier alpha value is -2.79. The number of imidazole rings is 1. The van der Waals surface area contributed by atoms with E-state index in [9.17, 15) is 4.39 Å². The predicted octanol–water partition coefficient (Wildman–Crippen LogP) is 3.13. The molecule has 1 saturated heterocycles. The molecule has 1 fully saturated rings. The van der Waals surface area contributed by atoms with Crippen LogP contribution in [0.4, 0.5) is 16.3 Å². The summed E-state index contributed by atoms with van der Waals surface area (Å²) in [5, 5.41) is 7.61. The molecule has 2 atom stereocenters. The molecule has 1 aliphatic rings. The number of aromatic nitrogens is 6. The van der Waals surface area contributed by atoms with Gasteiger partial charge < -0.3 is 19.9 Å². The van der Waals surface area contributed by atoms with Gasteiger partial charge in [-0.3, -0.25) is 0 Å². The van der Waals surface area contributed by atoms with Gasteiger partial charge in [0.25, 0.3) is 0 Å². The molecule has 2 unspecified atom stereocenters. The first-order chi connectivity index (χ1) is 14.5. The van der Waals surface area contributed by atoms with E-state index in [1.165, 1.54) is 6.07 Å². The highest BCUT2D eigenvalue weighted by atomic mass is 79.9. The number of halogens is 2. The number of rotatable bonds is 4. The fourth-order valence-corrected chi connectivity index (χ4v) is 4.08. The van der Waals surface area contributed by atoms with Crippen LogP contribution in [0.25, 0.3) is 16.7 Å². The second-order valence-corrected chi connectivity index (χ2v) is 8.26. The number of fused-ring (bicyclic) bond motifs is 2. The molecule has 0 radical (unpaired) electrons. The van der Waals surface area contributed by atoms with E-state index in [4.69, 9.17) is 9.72 Å². The Morgan fingerprint density at radius 2 is 2.03 bits per heavy atom. The van der Waals surface area contributed by atoms with Crippen LogP contribution in [0.15, 0.2) is 28.9 Å². The van der Waals surface area contributed by atoms with Crippen molar-refractivity contribution in [3.8, 4) is 0 Å². The van der Waals surface area contributed by atoms with E-state index in [0.717, 1.165) is 4.47 Å². The molecule has 4 aromatic rings. The lowest BCUT2D eigenvalue weighted by Crippen LogP contribution is -2.46. The van der Waals surface area contributed by atoms with Gasteiger partial charge in [0.1, 0.15) is 11.3 Å². The van der Waals surface area contributed by atoms with Gasteiger partial charge in [-0.1, -0.05) is 6.07 Å². The number of para-hydroxylation sites is 1. The maximum Gasteiger partial charge on any atom is 0.230 e. The van der Waals surface area contributed by atoms with Crippen molar-refractivity contribution >= 4 is 44.5 Å². The van der Waals surface area contributed by atoms with Crippen LogP contribution >= 0.6 is 15.9 Å². The van der Waals surface area contributed by atoms with Crippen LogP contribution in [0.1, 0.15) is 19.7 Å². The van der Waals surface area contributed by atoms with Gasteiger partial charge in [-0.25, -0.2) is 9.37 Å². The van der Waals surface area contributed by atoms with Crippen LogP contribution in [-0.2, 0) is 11.3 Å². The van der Waals surface area contributed by atoms with E-state index in [0.29, 0.717) is 54.0 Å². The first-order valence-electron chi connectivity index (χ1n) is 9.66. The number of benzene rings is 1. The van der Waals surface area contributed by atoms with Gasteiger partial charge in [0.15, 0.2) is 11.5 Å². The summed E-state index contributed by atoms with van der Waals surface area (Å²) in [7, 11) is 0. The highest BCUT2D eigenvalue weighted by molar-refractivity contribution is 9.10. The van der Waals surface area contributed by atoms with Gasteiger partial charge in [-0.2, -0.15) is 19.6 Å². The van der Waals surface area contributed by atoms with Crippen LogP contribution in [-0.4, -0.2) is 54.8 Å². The van der Waals surface area contributed by atoms with E-state index in [1.807, 2.05) is 13.8 Å². The maximum absolute atomic E-state index is 13.9. The van der Waals surface area contributed by atoms with E-state index < -0.39 is 0 Å². The van der Waals surface area contributed by atoms with Crippen molar-refractivity contribution in [2.45, 2.75) is 32.6 Å². The molecule has 1 aliphatic heterocycles. The minimum Gasteiger partial charge on any atom is -0.372 e. The summed E-state index contributed by atoms with van der Waals surface area (Å²) in [6.07, 6.45) is 1.85. The Balaban J connectivity index is 1.47. The third-order valence-corrected chi connectivity index (χ3v) is 5.50. The van der Waals surface area contributed by atoms with E-state index in [-0.39, 0.29) is 18.0 Å². The Bertz CT molecular complexity index is 1210. The number of hydrogen-bond donors (Lipinski definition) is 2. The Labute approximate surface area is 179 Å². The highest BCUT2D eigenvalue weighted by Gasteiger charge is 2.25. The largest absolute Gasteiger partial charge is 0.372 e. The van der Waals surface area contributed by atoms with Gasteiger partial charge >= 0.3 is 0 Å². The summed E-state index contributed by atoms with van der Waals surface area (Å²) < 4.78 is 22.2. The lowest BCUT2D eigenvalue weighted by Gasteiger charge is -2.35. The van der Waals surface area contributed by atoms with Gasteiger partial charge in [-0.05, 0) is 41.9 Å². The molecule has 1 aromatic carbocycles. The molecule has 30 heavy (non-hydrogen) atoms. The number of H-pyrrole nitrogens is 1. The summed E-state index contributed by atoms with van der Waals surface area (Å²) in [5.74, 6) is 1.37. The van der Waals surface area contributed by atoms with Crippen LogP contribution in [0, 0.1) is 5.82 Å². The van der Waals surface area contributed by atoms with Gasteiger partial charge in [-0.15, -0.1) is 0 Å². The van der Waals surface area contributed by atoms with Crippen molar-refractivity contribution < 1.29 is 9.13 Å². The average Bonchev–Trinajstić information content (AvgIpc) is 3.30. The number of anilines is 2. The third kappa shape index (κ3) is 3.47. The first-order valence-corrected chi connectivity index (χ1v) is 10.5. The molecule has 0 spiro atoms. The lowest BCUT2D eigenvalue weighted by molar-refractivity contribution is -0.00571. The minimum absolute atomic E-state index is 0.0868. The molecule has 9 nitrogen and oxygen atoms in total. The molecular weight excluding hydrogens is 455 g/mol. The molecule has 0 saturated carbocycles. The SMILES string of the molecule is CC1CN(c2nc(NCc3nc4c(F)cccc4[nH]3)n3ncc(Br)c3n2)CC(C)O1. The van der Waals surface area contributed by atoms with Crippen molar-refractivity contribution in [1.82, 2.24) is 29.5 Å². The highest BCUT2D eigenvalue weighted by Crippen LogP contribution is 2.24. The van der Waals surface area contributed by atoms with Crippen molar-refractivity contribution in [3.05, 3.63) is 40.5 Å². The summed E-state index contributed by atoms with van der Waals surface area (Å²) in [6, 6.07) is 4.84. The summed E-state index contributed by atoms with van der Waals surface area (Å²) in [6.45, 7) is 5.81. The van der Waals surface area contributed by atoms with E-state index in [2.05, 4.69) is 46.2 Å². The number of hydrogen-bond acceptors (Lipinski definition) is 7. The van der Waals surface area contributed by atoms with Gasteiger partial charge in [0.05, 0.1) is 34.9 Å². The minimum atomic E-state index is -0.353.